The van der Waals surface area contributed by atoms with Gasteiger partial charge in [0.05, 0.1) is 28.9 Å². The van der Waals surface area contributed by atoms with Crippen molar-refractivity contribution in [2.75, 3.05) is 25.0 Å². The molecule has 11 nitrogen and oxygen atoms in total. The zero-order valence-corrected chi connectivity index (χ0v) is 17.9. The highest BCUT2D eigenvalue weighted by atomic mass is 16.2. The zero-order valence-electron chi connectivity index (χ0n) is 17.9. The van der Waals surface area contributed by atoms with Gasteiger partial charge in [-0.3, -0.25) is 14.9 Å². The van der Waals surface area contributed by atoms with E-state index in [9.17, 15) is 10.1 Å². The van der Waals surface area contributed by atoms with Crippen LogP contribution in [-0.4, -0.2) is 57.2 Å². The predicted molar refractivity (Wildman–Crippen MR) is 122 cm³/mol. The van der Waals surface area contributed by atoms with Crippen molar-refractivity contribution in [3.63, 3.8) is 0 Å². The third kappa shape index (κ3) is 4.20. The van der Waals surface area contributed by atoms with Gasteiger partial charge in [0.25, 0.3) is 0 Å². The van der Waals surface area contributed by atoms with Crippen molar-refractivity contribution in [3.8, 4) is 6.07 Å². The number of nitrogens with zero attached hydrogens (tertiary/aromatic N) is 5. The van der Waals surface area contributed by atoms with Crippen molar-refractivity contribution >= 4 is 28.6 Å². The van der Waals surface area contributed by atoms with Crippen LogP contribution in [0, 0.1) is 16.7 Å². The minimum absolute atomic E-state index is 0.0477. The highest BCUT2D eigenvalue weighted by molar-refractivity contribution is 5.97. The summed E-state index contributed by atoms with van der Waals surface area (Å²) in [4.78, 5) is 24.5. The van der Waals surface area contributed by atoms with Crippen molar-refractivity contribution in [2.24, 2.45) is 4.99 Å². The molecule has 1 aliphatic heterocycles. The van der Waals surface area contributed by atoms with E-state index in [1.165, 1.54) is 6.42 Å². The summed E-state index contributed by atoms with van der Waals surface area (Å²) in [6.07, 6.45) is 6.90. The topological polar surface area (TPSA) is 160 Å². The van der Waals surface area contributed by atoms with Gasteiger partial charge in [-0.1, -0.05) is 6.07 Å². The molecule has 1 saturated carbocycles. The van der Waals surface area contributed by atoms with E-state index in [1.54, 1.807) is 24.4 Å². The number of nitriles is 1. The van der Waals surface area contributed by atoms with E-state index in [-0.39, 0.29) is 11.7 Å². The van der Waals surface area contributed by atoms with Gasteiger partial charge in [0, 0.05) is 31.2 Å². The number of hydrogen-bond donors (Lipinski definition) is 5. The molecule has 1 saturated heterocycles. The summed E-state index contributed by atoms with van der Waals surface area (Å²) in [6, 6.07) is 7.24. The molecule has 3 heterocycles. The number of carbonyl (C=O) groups excluding carboxylic acids is 1. The number of amidine groups is 1. The van der Waals surface area contributed by atoms with Crippen LogP contribution in [0.4, 0.5) is 5.95 Å². The summed E-state index contributed by atoms with van der Waals surface area (Å²) in [6.45, 7) is 1.67. The van der Waals surface area contributed by atoms with Crippen LogP contribution in [0.2, 0.25) is 0 Å². The van der Waals surface area contributed by atoms with Crippen molar-refractivity contribution in [3.05, 3.63) is 47.2 Å². The molecule has 1 atom stereocenters. The number of rotatable bonds is 4. The molecule has 2 fully saturated rings. The molecule has 3 aromatic rings. The fourth-order valence-corrected chi connectivity index (χ4v) is 3.93. The van der Waals surface area contributed by atoms with Crippen molar-refractivity contribution in [1.29, 1.82) is 10.7 Å². The molecule has 1 amide bonds. The summed E-state index contributed by atoms with van der Waals surface area (Å²) in [5.74, 6) is 0.204. The average Bonchev–Trinajstić information content (AvgIpc) is 3.17. The number of carbonyl (C=O) groups is 1. The van der Waals surface area contributed by atoms with Gasteiger partial charge in [-0.05, 0) is 31.4 Å². The van der Waals surface area contributed by atoms with Gasteiger partial charge in [0.1, 0.15) is 17.6 Å². The number of fused-ring (bicyclic) bond motifs is 1. The number of nitrogens with one attached hydrogen (secondary N) is 5. The molecule has 5 rings (SSSR count). The summed E-state index contributed by atoms with van der Waals surface area (Å²) in [5.41, 5.74) is 1.82. The second-order valence-electron chi connectivity index (χ2n) is 8.19. The van der Waals surface area contributed by atoms with E-state index in [2.05, 4.69) is 42.1 Å². The van der Waals surface area contributed by atoms with Crippen molar-refractivity contribution < 1.29 is 4.79 Å². The molecule has 0 spiro atoms. The molecule has 0 unspecified atom stereocenters. The molecular formula is C22H24N10O. The quantitative estimate of drug-likeness (QED) is 0.295. The first kappa shape index (κ1) is 20.8. The molecule has 2 aliphatic rings. The van der Waals surface area contributed by atoms with Crippen molar-refractivity contribution in [1.82, 2.24) is 30.4 Å². The molecule has 0 bridgehead atoms. The number of benzene rings is 1. The number of aromatic nitrogens is 4. The number of anilines is 1. The standard InChI is InChI=1S/C22H24N10O/c23-9-13-3-1-6-16-18(13)29-22(28-17-11-25-7-8-26-21(17)33)31-20(16)30-19(24)14-10-27-32(12-14)15-4-2-5-15/h1,3,6,10,12,15,17,25H,2,4-5,7-8,11H2,(H,26,33)(H3,24,28,29,30,31)/t17-/m1/s1. The Kier molecular flexibility index (Phi) is 5.58. The van der Waals surface area contributed by atoms with Crippen LogP contribution >= 0.6 is 0 Å². The highest BCUT2D eigenvalue weighted by Crippen LogP contribution is 2.30. The molecule has 1 aromatic carbocycles. The molecule has 1 aliphatic carbocycles. The van der Waals surface area contributed by atoms with Gasteiger partial charge in [-0.25, -0.2) is 9.98 Å². The van der Waals surface area contributed by atoms with Crippen LogP contribution < -0.4 is 21.4 Å². The summed E-state index contributed by atoms with van der Waals surface area (Å²) in [5, 5.41) is 32.3. The third-order valence-electron chi connectivity index (χ3n) is 6.00. The van der Waals surface area contributed by atoms with Crippen LogP contribution in [0.1, 0.15) is 36.4 Å². The Balaban J connectivity index is 1.55. The van der Waals surface area contributed by atoms with E-state index in [4.69, 9.17) is 5.41 Å². The van der Waals surface area contributed by atoms with E-state index >= 15 is 0 Å². The molecule has 11 heteroatoms. The number of aromatic amines is 1. The van der Waals surface area contributed by atoms with Gasteiger partial charge >= 0.3 is 0 Å². The maximum Gasteiger partial charge on any atom is 0.243 e. The summed E-state index contributed by atoms with van der Waals surface area (Å²) < 4.78 is 1.90. The van der Waals surface area contributed by atoms with Crippen LogP contribution in [0.25, 0.3) is 10.9 Å². The summed E-state index contributed by atoms with van der Waals surface area (Å²) >= 11 is 0. The lowest BCUT2D eigenvalue weighted by Crippen LogP contribution is -2.42. The van der Waals surface area contributed by atoms with Gasteiger partial charge in [-0.15, -0.1) is 0 Å². The average molecular weight is 445 g/mol. The second kappa shape index (κ2) is 8.84. The fraction of sp³-hybridized carbons (Fsp3) is 0.364. The molecular weight excluding hydrogens is 420 g/mol. The van der Waals surface area contributed by atoms with E-state index < -0.39 is 6.04 Å². The number of para-hydroxylation sites is 1. The van der Waals surface area contributed by atoms with Crippen molar-refractivity contribution in [2.45, 2.75) is 31.3 Å². The number of hydrogen-bond acceptors (Lipinski definition) is 7. The minimum Gasteiger partial charge on any atom is -0.353 e. The SMILES string of the molecule is N#Cc1cccc2/c(=N/C(=N)c3cnn(C4CCC4)c3)[nH]c(N[C@@H]3CNCCNC3=O)nc12. The Labute approximate surface area is 189 Å². The van der Waals surface area contributed by atoms with Gasteiger partial charge in [0.2, 0.25) is 11.9 Å². The Bertz CT molecular complexity index is 1330. The van der Waals surface area contributed by atoms with E-state index in [0.717, 1.165) is 12.8 Å². The lowest BCUT2D eigenvalue weighted by Gasteiger charge is -2.25. The van der Waals surface area contributed by atoms with Crippen LogP contribution in [-0.2, 0) is 4.79 Å². The monoisotopic (exact) mass is 444 g/mol. The Morgan fingerprint density at radius 2 is 2.21 bits per heavy atom. The predicted octanol–water partition coefficient (Wildman–Crippen LogP) is 0.782. The van der Waals surface area contributed by atoms with Crippen LogP contribution in [0.3, 0.4) is 0 Å². The van der Waals surface area contributed by atoms with E-state index in [0.29, 0.717) is 59.1 Å². The third-order valence-corrected chi connectivity index (χ3v) is 6.00. The molecule has 0 radical (unpaired) electrons. The minimum atomic E-state index is -0.545. The maximum absolute atomic E-state index is 12.4. The first-order valence-electron chi connectivity index (χ1n) is 11.0. The fourth-order valence-electron chi connectivity index (χ4n) is 3.93. The van der Waals surface area contributed by atoms with E-state index in [1.807, 2.05) is 10.9 Å². The maximum atomic E-state index is 12.4. The smallest absolute Gasteiger partial charge is 0.243 e. The molecule has 33 heavy (non-hydrogen) atoms. The first-order chi connectivity index (χ1) is 16.1. The molecule has 2 aromatic heterocycles. The first-order valence-corrected chi connectivity index (χ1v) is 11.0. The van der Waals surface area contributed by atoms with Gasteiger partial charge in [-0.2, -0.15) is 10.4 Å². The lowest BCUT2D eigenvalue weighted by molar-refractivity contribution is -0.121. The zero-order chi connectivity index (χ0) is 22.8. The number of amides is 1. The lowest BCUT2D eigenvalue weighted by atomic mass is 9.93. The van der Waals surface area contributed by atoms with Gasteiger partial charge < -0.3 is 20.9 Å². The molecule has 5 N–H and O–H groups in total. The number of H-pyrrole nitrogens is 1. The van der Waals surface area contributed by atoms with Gasteiger partial charge in [0.15, 0.2) is 5.84 Å². The normalized spacial score (nSPS) is 19.4. The second-order valence-corrected chi connectivity index (χ2v) is 8.19. The van der Waals surface area contributed by atoms with Crippen LogP contribution in [0.15, 0.2) is 35.6 Å². The molecule has 168 valence electrons. The summed E-state index contributed by atoms with van der Waals surface area (Å²) in [7, 11) is 0. The highest BCUT2D eigenvalue weighted by Gasteiger charge is 2.22. The Morgan fingerprint density at radius 3 is 3.00 bits per heavy atom. The van der Waals surface area contributed by atoms with Crippen LogP contribution in [0.5, 0.6) is 0 Å². The largest absolute Gasteiger partial charge is 0.353 e. The Morgan fingerprint density at radius 1 is 1.33 bits per heavy atom. The Hall–Kier alpha value is -4.04.